The molecule has 0 atom stereocenters. The number of carbonyl (C=O) groups is 1. The van der Waals surface area contributed by atoms with E-state index in [-0.39, 0.29) is 11.3 Å². The SMILES string of the molecule is C=CC1CCC(c2ccc(C(=O)Oc3ccc(OC=CC)c(F)c3F)cc2)CC1. The maximum atomic E-state index is 14.2. The van der Waals surface area contributed by atoms with Crippen molar-refractivity contribution in [2.24, 2.45) is 5.92 Å². The minimum atomic E-state index is -1.27. The molecule has 0 aromatic heterocycles. The van der Waals surface area contributed by atoms with Gasteiger partial charge in [-0.05, 0) is 74.3 Å². The lowest BCUT2D eigenvalue weighted by atomic mass is 9.79. The highest BCUT2D eigenvalue weighted by Gasteiger charge is 2.22. The predicted octanol–water partition coefficient (Wildman–Crippen LogP) is 6.56. The van der Waals surface area contributed by atoms with E-state index in [0.717, 1.165) is 25.7 Å². The molecule has 0 aliphatic heterocycles. The van der Waals surface area contributed by atoms with Crippen LogP contribution < -0.4 is 9.47 Å². The standard InChI is InChI=1S/C24H24F2O3/c1-3-15-28-20-13-14-21(23(26)22(20)25)29-24(27)19-11-9-18(10-12-19)17-7-5-16(4-2)6-8-17/h3-4,9-17H,2,5-8H2,1H3. The number of benzene rings is 2. The number of hydrogen-bond donors (Lipinski definition) is 0. The Morgan fingerprint density at radius 2 is 1.62 bits per heavy atom. The molecule has 0 radical (unpaired) electrons. The highest BCUT2D eigenvalue weighted by Crippen LogP contribution is 2.36. The van der Waals surface area contributed by atoms with Crippen LogP contribution in [-0.4, -0.2) is 5.97 Å². The van der Waals surface area contributed by atoms with E-state index < -0.39 is 23.4 Å². The van der Waals surface area contributed by atoms with Crippen LogP contribution in [0.15, 0.2) is 61.4 Å². The van der Waals surface area contributed by atoms with E-state index in [1.807, 2.05) is 18.2 Å². The van der Waals surface area contributed by atoms with Gasteiger partial charge in [0.15, 0.2) is 11.5 Å². The second-order valence-corrected chi connectivity index (χ2v) is 7.14. The Labute approximate surface area is 169 Å². The average Bonchev–Trinajstić information content (AvgIpc) is 2.76. The Morgan fingerprint density at radius 1 is 1.00 bits per heavy atom. The number of ether oxygens (including phenoxy) is 2. The average molecular weight is 398 g/mol. The first-order chi connectivity index (χ1) is 14.0. The molecule has 1 aliphatic carbocycles. The van der Waals surface area contributed by atoms with Gasteiger partial charge in [0.1, 0.15) is 0 Å². The molecule has 2 aromatic rings. The quantitative estimate of drug-likeness (QED) is 0.239. The molecule has 0 saturated heterocycles. The van der Waals surface area contributed by atoms with Crippen molar-refractivity contribution >= 4 is 5.97 Å². The highest BCUT2D eigenvalue weighted by atomic mass is 19.2. The molecule has 1 aliphatic rings. The van der Waals surface area contributed by atoms with Gasteiger partial charge in [-0.15, -0.1) is 6.58 Å². The van der Waals surface area contributed by atoms with Crippen molar-refractivity contribution in [1.29, 1.82) is 0 Å². The zero-order valence-electron chi connectivity index (χ0n) is 16.4. The van der Waals surface area contributed by atoms with Crippen LogP contribution >= 0.6 is 0 Å². The number of carbonyl (C=O) groups excluding carboxylic acids is 1. The van der Waals surface area contributed by atoms with Crippen LogP contribution in [0.3, 0.4) is 0 Å². The van der Waals surface area contributed by atoms with E-state index in [9.17, 15) is 13.6 Å². The minimum absolute atomic E-state index is 0.280. The summed E-state index contributed by atoms with van der Waals surface area (Å²) in [5, 5.41) is 0. The molecule has 29 heavy (non-hydrogen) atoms. The zero-order valence-corrected chi connectivity index (χ0v) is 16.4. The van der Waals surface area contributed by atoms with E-state index in [0.29, 0.717) is 11.8 Å². The van der Waals surface area contributed by atoms with Gasteiger partial charge in [0.2, 0.25) is 11.6 Å². The Bertz CT molecular complexity index is 895. The maximum absolute atomic E-state index is 14.2. The third-order valence-electron chi connectivity index (χ3n) is 5.27. The van der Waals surface area contributed by atoms with Gasteiger partial charge < -0.3 is 9.47 Å². The minimum Gasteiger partial charge on any atom is -0.462 e. The Morgan fingerprint density at radius 3 is 2.24 bits per heavy atom. The fourth-order valence-corrected chi connectivity index (χ4v) is 3.56. The van der Waals surface area contributed by atoms with Gasteiger partial charge in [-0.1, -0.05) is 24.3 Å². The first-order valence-electron chi connectivity index (χ1n) is 9.74. The first-order valence-corrected chi connectivity index (χ1v) is 9.74. The summed E-state index contributed by atoms with van der Waals surface area (Å²) in [6, 6.07) is 9.51. The van der Waals surface area contributed by atoms with Crippen molar-refractivity contribution in [3.63, 3.8) is 0 Å². The van der Waals surface area contributed by atoms with Crippen molar-refractivity contribution in [1.82, 2.24) is 0 Å². The summed E-state index contributed by atoms with van der Waals surface area (Å²) < 4.78 is 38.2. The molecule has 0 amide bonds. The zero-order chi connectivity index (χ0) is 20.8. The van der Waals surface area contributed by atoms with Crippen LogP contribution in [0.5, 0.6) is 11.5 Å². The summed E-state index contributed by atoms with van der Waals surface area (Å²) in [4.78, 5) is 12.3. The van der Waals surface area contributed by atoms with Gasteiger partial charge in [0.25, 0.3) is 0 Å². The molecular weight excluding hydrogens is 374 g/mol. The monoisotopic (exact) mass is 398 g/mol. The van der Waals surface area contributed by atoms with E-state index in [1.54, 1.807) is 25.1 Å². The van der Waals surface area contributed by atoms with E-state index in [1.165, 1.54) is 24.0 Å². The number of esters is 1. The van der Waals surface area contributed by atoms with Crippen LogP contribution in [0.4, 0.5) is 8.78 Å². The summed E-state index contributed by atoms with van der Waals surface area (Å²) in [5.74, 6) is -2.93. The fraction of sp³-hybridized carbons (Fsp3) is 0.292. The van der Waals surface area contributed by atoms with Crippen molar-refractivity contribution in [3.05, 3.63) is 84.2 Å². The van der Waals surface area contributed by atoms with Crippen molar-refractivity contribution in [3.8, 4) is 11.5 Å². The van der Waals surface area contributed by atoms with Gasteiger partial charge in [-0.2, -0.15) is 8.78 Å². The second kappa shape index (κ2) is 9.50. The van der Waals surface area contributed by atoms with Crippen LogP contribution in [0.2, 0.25) is 0 Å². The van der Waals surface area contributed by atoms with E-state index in [4.69, 9.17) is 9.47 Å². The van der Waals surface area contributed by atoms with Gasteiger partial charge in [-0.25, -0.2) is 4.79 Å². The molecule has 5 heteroatoms. The number of rotatable bonds is 6. The Kier molecular flexibility index (Phi) is 6.81. The Hall–Kier alpha value is -2.95. The highest BCUT2D eigenvalue weighted by molar-refractivity contribution is 5.91. The first kappa shape index (κ1) is 20.8. The smallest absolute Gasteiger partial charge is 0.343 e. The predicted molar refractivity (Wildman–Crippen MR) is 108 cm³/mol. The number of allylic oxidation sites excluding steroid dienone is 2. The van der Waals surface area contributed by atoms with Crippen LogP contribution in [0.25, 0.3) is 0 Å². The van der Waals surface area contributed by atoms with Crippen LogP contribution in [0, 0.1) is 17.6 Å². The fourth-order valence-electron chi connectivity index (χ4n) is 3.56. The molecule has 0 N–H and O–H groups in total. The summed E-state index contributed by atoms with van der Waals surface area (Å²) in [5.41, 5.74) is 1.45. The molecule has 0 bridgehead atoms. The number of halogens is 2. The summed E-state index contributed by atoms with van der Waals surface area (Å²) >= 11 is 0. The largest absolute Gasteiger partial charge is 0.462 e. The van der Waals surface area contributed by atoms with E-state index >= 15 is 0 Å². The van der Waals surface area contributed by atoms with Gasteiger partial charge >= 0.3 is 5.97 Å². The van der Waals surface area contributed by atoms with Crippen LogP contribution in [0.1, 0.15) is 54.4 Å². The number of hydrogen-bond acceptors (Lipinski definition) is 3. The third kappa shape index (κ3) is 4.91. The molecule has 2 aromatic carbocycles. The van der Waals surface area contributed by atoms with Crippen molar-refractivity contribution in [2.75, 3.05) is 0 Å². The van der Waals surface area contributed by atoms with Gasteiger partial charge in [0.05, 0.1) is 11.8 Å². The van der Waals surface area contributed by atoms with Crippen molar-refractivity contribution in [2.45, 2.75) is 38.5 Å². The molecule has 152 valence electrons. The second-order valence-electron chi connectivity index (χ2n) is 7.14. The third-order valence-corrected chi connectivity index (χ3v) is 5.27. The lowest BCUT2D eigenvalue weighted by molar-refractivity contribution is 0.0726. The summed E-state index contributed by atoms with van der Waals surface area (Å²) in [6.45, 7) is 5.55. The van der Waals surface area contributed by atoms with E-state index in [2.05, 4.69) is 6.58 Å². The molecule has 0 heterocycles. The molecule has 0 spiro atoms. The van der Waals surface area contributed by atoms with Crippen molar-refractivity contribution < 1.29 is 23.0 Å². The lowest BCUT2D eigenvalue weighted by Gasteiger charge is -2.26. The molecular formula is C24H24F2O3. The summed E-state index contributed by atoms with van der Waals surface area (Å²) in [6.07, 6.45) is 9.22. The normalized spacial score (nSPS) is 19.1. The molecule has 1 fully saturated rings. The van der Waals surface area contributed by atoms with Gasteiger partial charge in [0, 0.05) is 0 Å². The maximum Gasteiger partial charge on any atom is 0.343 e. The summed E-state index contributed by atoms with van der Waals surface area (Å²) in [7, 11) is 0. The molecule has 3 rings (SSSR count). The van der Waals surface area contributed by atoms with Crippen LogP contribution in [-0.2, 0) is 0 Å². The molecule has 1 saturated carbocycles. The lowest BCUT2D eigenvalue weighted by Crippen LogP contribution is -2.13. The topological polar surface area (TPSA) is 35.5 Å². The molecule has 3 nitrogen and oxygen atoms in total. The Balaban J connectivity index is 1.67. The van der Waals surface area contributed by atoms with Gasteiger partial charge in [-0.3, -0.25) is 0 Å². The molecule has 0 unspecified atom stereocenters.